The van der Waals surface area contributed by atoms with Gasteiger partial charge in [0.15, 0.2) is 6.61 Å². The quantitative estimate of drug-likeness (QED) is 0.784. The van der Waals surface area contributed by atoms with Gasteiger partial charge in [-0.15, -0.1) is 0 Å². The lowest BCUT2D eigenvalue weighted by Gasteiger charge is -2.07. The number of hydrogen-bond donors (Lipinski definition) is 1. The monoisotopic (exact) mass is 338 g/mol. The van der Waals surface area contributed by atoms with Gasteiger partial charge in [0.05, 0.1) is 18.7 Å². The van der Waals surface area contributed by atoms with Crippen molar-refractivity contribution in [1.29, 1.82) is 5.26 Å². The number of carbonyl (C=O) groups excluding carboxylic acids is 2. The highest BCUT2D eigenvalue weighted by Crippen LogP contribution is 2.13. The summed E-state index contributed by atoms with van der Waals surface area (Å²) in [6.45, 7) is -0.346. The number of ether oxygens (including phenoxy) is 2. The molecule has 6 nitrogen and oxygen atoms in total. The molecule has 0 saturated heterocycles. The molecule has 0 unspecified atom stereocenters. The van der Waals surface area contributed by atoms with Crippen LogP contribution in [0.1, 0.15) is 17.5 Å². The van der Waals surface area contributed by atoms with Gasteiger partial charge in [0.1, 0.15) is 5.75 Å². The SMILES string of the molecule is COc1ccc(CCC(=O)OCC(=O)Nc2ccc(C#N)cc2)cc1. The van der Waals surface area contributed by atoms with Gasteiger partial charge in [-0.1, -0.05) is 12.1 Å². The van der Waals surface area contributed by atoms with Crippen molar-refractivity contribution in [2.45, 2.75) is 12.8 Å². The van der Waals surface area contributed by atoms with Crippen LogP contribution in [0, 0.1) is 11.3 Å². The van der Waals surface area contributed by atoms with Gasteiger partial charge in [-0.25, -0.2) is 0 Å². The van der Waals surface area contributed by atoms with Gasteiger partial charge >= 0.3 is 5.97 Å². The Morgan fingerprint density at radius 2 is 1.76 bits per heavy atom. The number of anilines is 1. The van der Waals surface area contributed by atoms with Crippen molar-refractivity contribution in [1.82, 2.24) is 0 Å². The average Bonchev–Trinajstić information content (AvgIpc) is 2.65. The number of hydrogen-bond acceptors (Lipinski definition) is 5. The van der Waals surface area contributed by atoms with E-state index in [1.54, 1.807) is 31.4 Å². The van der Waals surface area contributed by atoms with Crippen molar-refractivity contribution in [3.8, 4) is 11.8 Å². The van der Waals surface area contributed by atoms with E-state index in [1.807, 2.05) is 30.3 Å². The van der Waals surface area contributed by atoms with Crippen molar-refractivity contribution in [3.63, 3.8) is 0 Å². The van der Waals surface area contributed by atoms with E-state index < -0.39 is 11.9 Å². The molecular weight excluding hydrogens is 320 g/mol. The molecule has 0 fully saturated rings. The third-order valence-electron chi connectivity index (χ3n) is 3.44. The molecule has 0 aromatic heterocycles. The number of nitriles is 1. The summed E-state index contributed by atoms with van der Waals surface area (Å²) >= 11 is 0. The predicted octanol–water partition coefficient (Wildman–Crippen LogP) is 2.68. The number of rotatable bonds is 7. The number of carbonyl (C=O) groups is 2. The first kappa shape index (κ1) is 18.0. The summed E-state index contributed by atoms with van der Waals surface area (Å²) in [7, 11) is 1.59. The number of esters is 1. The van der Waals surface area contributed by atoms with E-state index in [0.29, 0.717) is 17.7 Å². The molecule has 0 aliphatic rings. The normalized spacial score (nSPS) is 9.76. The van der Waals surface area contributed by atoms with Crippen LogP contribution in [0.15, 0.2) is 48.5 Å². The van der Waals surface area contributed by atoms with E-state index in [2.05, 4.69) is 5.32 Å². The number of benzene rings is 2. The van der Waals surface area contributed by atoms with Gasteiger partial charge in [0.25, 0.3) is 5.91 Å². The van der Waals surface area contributed by atoms with Crippen molar-refractivity contribution < 1.29 is 19.1 Å². The number of aryl methyl sites for hydroxylation is 1. The zero-order valence-electron chi connectivity index (χ0n) is 13.8. The molecule has 0 bridgehead atoms. The predicted molar refractivity (Wildman–Crippen MR) is 92.1 cm³/mol. The van der Waals surface area contributed by atoms with Gasteiger partial charge < -0.3 is 14.8 Å². The maximum Gasteiger partial charge on any atom is 0.306 e. The number of methoxy groups -OCH3 is 1. The highest BCUT2D eigenvalue weighted by molar-refractivity contribution is 5.92. The fraction of sp³-hybridized carbons (Fsp3) is 0.211. The van der Waals surface area contributed by atoms with E-state index in [0.717, 1.165) is 11.3 Å². The van der Waals surface area contributed by atoms with E-state index >= 15 is 0 Å². The summed E-state index contributed by atoms with van der Waals surface area (Å²) < 4.78 is 10.0. The summed E-state index contributed by atoms with van der Waals surface area (Å²) in [6.07, 6.45) is 0.719. The van der Waals surface area contributed by atoms with Crippen LogP contribution in [0.5, 0.6) is 5.75 Å². The van der Waals surface area contributed by atoms with Gasteiger partial charge in [-0.05, 0) is 48.4 Å². The second kappa shape index (κ2) is 9.08. The molecule has 0 spiro atoms. The number of nitrogens with one attached hydrogen (secondary N) is 1. The first-order chi connectivity index (χ1) is 12.1. The molecule has 0 aliphatic carbocycles. The molecule has 25 heavy (non-hydrogen) atoms. The Kier molecular flexibility index (Phi) is 6.55. The molecule has 1 N–H and O–H groups in total. The maximum atomic E-state index is 11.7. The highest BCUT2D eigenvalue weighted by Gasteiger charge is 2.08. The summed E-state index contributed by atoms with van der Waals surface area (Å²) in [5, 5.41) is 11.3. The summed E-state index contributed by atoms with van der Waals surface area (Å²) in [5.74, 6) is -0.112. The minimum absolute atomic E-state index is 0.191. The summed E-state index contributed by atoms with van der Waals surface area (Å²) in [5.41, 5.74) is 2.03. The van der Waals surface area contributed by atoms with E-state index in [-0.39, 0.29) is 13.0 Å². The molecule has 2 aromatic rings. The second-order valence-corrected chi connectivity index (χ2v) is 5.25. The molecule has 128 valence electrons. The number of nitrogens with zero attached hydrogens (tertiary/aromatic N) is 1. The Balaban J connectivity index is 1.71. The Morgan fingerprint density at radius 1 is 1.08 bits per heavy atom. The summed E-state index contributed by atoms with van der Waals surface area (Å²) in [6, 6.07) is 15.8. The largest absolute Gasteiger partial charge is 0.497 e. The van der Waals surface area contributed by atoms with Crippen LogP contribution < -0.4 is 10.1 Å². The van der Waals surface area contributed by atoms with E-state index in [9.17, 15) is 9.59 Å². The molecule has 1 amide bonds. The minimum Gasteiger partial charge on any atom is -0.497 e. The fourth-order valence-electron chi connectivity index (χ4n) is 2.08. The average molecular weight is 338 g/mol. The summed E-state index contributed by atoms with van der Waals surface area (Å²) in [4.78, 5) is 23.5. The molecule has 0 heterocycles. The lowest BCUT2D eigenvalue weighted by molar-refractivity contribution is -0.147. The van der Waals surface area contributed by atoms with Crippen LogP contribution in [0.25, 0.3) is 0 Å². The third kappa shape index (κ3) is 5.99. The Morgan fingerprint density at radius 3 is 2.36 bits per heavy atom. The third-order valence-corrected chi connectivity index (χ3v) is 3.44. The molecule has 0 radical (unpaired) electrons. The van der Waals surface area contributed by atoms with Gasteiger partial charge in [-0.2, -0.15) is 5.26 Å². The molecule has 2 rings (SSSR count). The Hall–Kier alpha value is -3.33. The van der Waals surface area contributed by atoms with Crippen LogP contribution in [-0.2, 0) is 20.7 Å². The smallest absolute Gasteiger partial charge is 0.306 e. The molecule has 2 aromatic carbocycles. The first-order valence-corrected chi connectivity index (χ1v) is 7.69. The Labute approximate surface area is 146 Å². The zero-order valence-corrected chi connectivity index (χ0v) is 13.8. The molecule has 0 saturated carbocycles. The van der Waals surface area contributed by atoms with Gasteiger partial charge in [0.2, 0.25) is 0 Å². The molecular formula is C19H18N2O4. The highest BCUT2D eigenvalue weighted by atomic mass is 16.5. The minimum atomic E-state index is -0.439. The number of amides is 1. The molecule has 6 heteroatoms. The maximum absolute atomic E-state index is 11.7. The lowest BCUT2D eigenvalue weighted by atomic mass is 10.1. The fourth-order valence-corrected chi connectivity index (χ4v) is 2.08. The Bertz CT molecular complexity index is 762. The van der Waals surface area contributed by atoms with Crippen LogP contribution >= 0.6 is 0 Å². The van der Waals surface area contributed by atoms with Crippen LogP contribution in [0.3, 0.4) is 0 Å². The van der Waals surface area contributed by atoms with Gasteiger partial charge in [0, 0.05) is 12.1 Å². The van der Waals surface area contributed by atoms with E-state index in [1.165, 1.54) is 0 Å². The molecule has 0 aliphatic heterocycles. The molecule has 0 atom stereocenters. The van der Waals surface area contributed by atoms with Crippen LogP contribution in [0.4, 0.5) is 5.69 Å². The van der Waals surface area contributed by atoms with Crippen LogP contribution in [0.2, 0.25) is 0 Å². The standard InChI is InChI=1S/C19H18N2O4/c1-24-17-9-4-14(5-10-17)6-11-19(23)25-13-18(22)21-16-7-2-15(12-20)3-8-16/h2-5,7-10H,6,11,13H2,1H3,(H,21,22). The van der Waals surface area contributed by atoms with Gasteiger partial charge in [-0.3, -0.25) is 9.59 Å². The topological polar surface area (TPSA) is 88.4 Å². The van der Waals surface area contributed by atoms with Crippen molar-refractivity contribution in [2.24, 2.45) is 0 Å². The second-order valence-electron chi connectivity index (χ2n) is 5.25. The van der Waals surface area contributed by atoms with Crippen LogP contribution in [-0.4, -0.2) is 25.6 Å². The van der Waals surface area contributed by atoms with Crippen molar-refractivity contribution in [3.05, 3.63) is 59.7 Å². The van der Waals surface area contributed by atoms with Crippen molar-refractivity contribution in [2.75, 3.05) is 19.0 Å². The van der Waals surface area contributed by atoms with E-state index in [4.69, 9.17) is 14.7 Å². The zero-order chi connectivity index (χ0) is 18.1. The lowest BCUT2D eigenvalue weighted by Crippen LogP contribution is -2.21. The first-order valence-electron chi connectivity index (χ1n) is 7.69. The van der Waals surface area contributed by atoms with Crippen molar-refractivity contribution >= 4 is 17.6 Å².